The van der Waals surface area contributed by atoms with Crippen molar-refractivity contribution in [1.29, 1.82) is 5.26 Å². The zero-order valence-electron chi connectivity index (χ0n) is 22.2. The van der Waals surface area contributed by atoms with Gasteiger partial charge in [-0.1, -0.05) is 11.6 Å². The predicted octanol–water partition coefficient (Wildman–Crippen LogP) is 3.95. The first-order valence-corrected chi connectivity index (χ1v) is 13.3. The number of halogens is 3. The molecule has 41 heavy (non-hydrogen) atoms. The lowest BCUT2D eigenvalue weighted by molar-refractivity contribution is 0.0639. The van der Waals surface area contributed by atoms with Gasteiger partial charge in [0.25, 0.3) is 5.91 Å². The molecule has 0 radical (unpaired) electrons. The predicted molar refractivity (Wildman–Crippen MR) is 150 cm³/mol. The van der Waals surface area contributed by atoms with E-state index in [1.807, 2.05) is 11.9 Å². The second-order valence-electron chi connectivity index (χ2n) is 9.36. The van der Waals surface area contributed by atoms with E-state index < -0.39 is 18.2 Å². The number of rotatable bonds is 9. The summed E-state index contributed by atoms with van der Waals surface area (Å²) in [5, 5.41) is 15.2. The molecule has 2 aromatic carbocycles. The molecule has 1 amide bonds. The SMILES string of the molecule is CNCCN1CCN(C(=O)c2ccc(Nc3nccn4c(-c5ccc(OCC#N)c(F)c5F)cnc34)cc2Cl)CC1. The molecule has 2 aromatic heterocycles. The molecule has 1 aliphatic rings. The second-order valence-corrected chi connectivity index (χ2v) is 9.76. The summed E-state index contributed by atoms with van der Waals surface area (Å²) in [6, 6.07) is 9.39. The van der Waals surface area contributed by atoms with Crippen LogP contribution in [0.4, 0.5) is 20.3 Å². The van der Waals surface area contributed by atoms with Crippen LogP contribution in [0.15, 0.2) is 48.9 Å². The van der Waals surface area contributed by atoms with Crippen LogP contribution in [0.5, 0.6) is 5.75 Å². The zero-order valence-corrected chi connectivity index (χ0v) is 23.0. The average Bonchev–Trinajstić information content (AvgIpc) is 3.42. The summed E-state index contributed by atoms with van der Waals surface area (Å²) >= 11 is 6.53. The quantitative estimate of drug-likeness (QED) is 0.306. The molecule has 212 valence electrons. The Kier molecular flexibility index (Phi) is 8.58. The van der Waals surface area contributed by atoms with Crippen LogP contribution in [0.25, 0.3) is 16.9 Å². The van der Waals surface area contributed by atoms with Gasteiger partial charge < -0.3 is 20.3 Å². The summed E-state index contributed by atoms with van der Waals surface area (Å²) in [5.74, 6) is -2.44. The highest BCUT2D eigenvalue weighted by Gasteiger charge is 2.24. The topological polar surface area (TPSA) is 111 Å². The standard InChI is InChI=1S/C28H27ClF2N8O2/c1-33-7-9-37-11-13-38(14-12-37)28(40)19-3-2-18(16-21(19)29)36-26-27-35-17-22(39(27)10-8-34-26)20-4-5-23(41-15-6-32)25(31)24(20)30/h2-5,8,10,16-17,33H,7,9,11-15H2,1H3,(H,34,36). The Balaban J connectivity index is 1.33. The second kappa shape index (κ2) is 12.5. The molecule has 0 unspecified atom stereocenters. The lowest BCUT2D eigenvalue weighted by Crippen LogP contribution is -2.49. The third-order valence-electron chi connectivity index (χ3n) is 6.84. The van der Waals surface area contributed by atoms with Crippen LogP contribution in [-0.4, -0.2) is 83.0 Å². The van der Waals surface area contributed by atoms with E-state index in [0.717, 1.165) is 26.2 Å². The van der Waals surface area contributed by atoms with Gasteiger partial charge >= 0.3 is 0 Å². The van der Waals surface area contributed by atoms with Gasteiger partial charge in [0.05, 0.1) is 22.5 Å². The number of piperazine rings is 1. The number of likely N-dealkylation sites (N-methyl/N-ethyl adjacent to an activating group) is 1. The van der Waals surface area contributed by atoms with Gasteiger partial charge in [0.2, 0.25) is 5.82 Å². The molecule has 1 fully saturated rings. The number of aromatic nitrogens is 3. The molecule has 2 N–H and O–H groups in total. The molecule has 0 atom stereocenters. The maximum atomic E-state index is 14.9. The number of anilines is 2. The van der Waals surface area contributed by atoms with Crippen molar-refractivity contribution in [2.24, 2.45) is 0 Å². The van der Waals surface area contributed by atoms with E-state index in [1.165, 1.54) is 24.5 Å². The average molecular weight is 581 g/mol. The molecule has 1 saturated heterocycles. The first-order chi connectivity index (χ1) is 19.9. The van der Waals surface area contributed by atoms with Gasteiger partial charge in [-0.3, -0.25) is 14.1 Å². The van der Waals surface area contributed by atoms with Crippen molar-refractivity contribution in [1.82, 2.24) is 29.5 Å². The molecule has 0 aliphatic carbocycles. The van der Waals surface area contributed by atoms with Crippen molar-refractivity contribution >= 4 is 34.7 Å². The summed E-state index contributed by atoms with van der Waals surface area (Å²) < 4.78 is 36.0. The summed E-state index contributed by atoms with van der Waals surface area (Å²) in [7, 11) is 1.92. The maximum absolute atomic E-state index is 14.9. The van der Waals surface area contributed by atoms with E-state index in [0.29, 0.717) is 46.5 Å². The maximum Gasteiger partial charge on any atom is 0.255 e. The number of fused-ring (bicyclic) bond motifs is 1. The van der Waals surface area contributed by atoms with Gasteiger partial charge in [0, 0.05) is 62.9 Å². The highest BCUT2D eigenvalue weighted by molar-refractivity contribution is 6.34. The van der Waals surface area contributed by atoms with Crippen LogP contribution in [0.2, 0.25) is 5.02 Å². The van der Waals surface area contributed by atoms with E-state index in [9.17, 15) is 13.6 Å². The van der Waals surface area contributed by atoms with Crippen molar-refractivity contribution in [2.45, 2.75) is 0 Å². The van der Waals surface area contributed by atoms with Gasteiger partial charge in [-0.15, -0.1) is 0 Å². The fourth-order valence-electron chi connectivity index (χ4n) is 4.68. The van der Waals surface area contributed by atoms with Gasteiger partial charge in [0.1, 0.15) is 6.07 Å². The Labute approximate surface area is 240 Å². The molecule has 13 heteroatoms. The third kappa shape index (κ3) is 5.92. The highest BCUT2D eigenvalue weighted by Crippen LogP contribution is 2.32. The summed E-state index contributed by atoms with van der Waals surface area (Å²) in [4.78, 5) is 26.0. The number of nitrogens with zero attached hydrogens (tertiary/aromatic N) is 6. The van der Waals surface area contributed by atoms with Crippen LogP contribution < -0.4 is 15.4 Å². The van der Waals surface area contributed by atoms with Crippen LogP contribution >= 0.6 is 11.6 Å². The van der Waals surface area contributed by atoms with Crippen LogP contribution in [0.3, 0.4) is 0 Å². The fraction of sp³-hybridized carbons (Fsp3) is 0.286. The van der Waals surface area contributed by atoms with Gasteiger partial charge in [-0.25, -0.2) is 14.4 Å². The molecule has 5 rings (SSSR count). The number of hydrogen-bond acceptors (Lipinski definition) is 8. The number of nitrogens with one attached hydrogen (secondary N) is 2. The minimum Gasteiger partial charge on any atom is -0.476 e. The monoisotopic (exact) mass is 580 g/mol. The Hall–Kier alpha value is -4.31. The minimum absolute atomic E-state index is 0.0368. The number of carbonyl (C=O) groups excluding carboxylic acids is 1. The summed E-state index contributed by atoms with van der Waals surface area (Å²) in [6.07, 6.45) is 4.48. The zero-order chi connectivity index (χ0) is 28.9. The number of nitriles is 1. The smallest absolute Gasteiger partial charge is 0.255 e. The number of hydrogen-bond donors (Lipinski definition) is 2. The molecule has 3 heterocycles. The first kappa shape index (κ1) is 28.2. The molecule has 0 spiro atoms. The molecule has 1 aliphatic heterocycles. The number of ether oxygens (including phenoxy) is 1. The third-order valence-corrected chi connectivity index (χ3v) is 7.16. The minimum atomic E-state index is -1.19. The van der Waals surface area contributed by atoms with Crippen molar-refractivity contribution in [2.75, 3.05) is 58.2 Å². The Morgan fingerprint density at radius 3 is 2.68 bits per heavy atom. The van der Waals surface area contributed by atoms with E-state index >= 15 is 0 Å². The van der Waals surface area contributed by atoms with Gasteiger partial charge in [-0.05, 0) is 37.4 Å². The van der Waals surface area contributed by atoms with Crippen LogP contribution in [0, 0.1) is 23.0 Å². The molecule has 10 nitrogen and oxygen atoms in total. The van der Waals surface area contributed by atoms with E-state index in [4.69, 9.17) is 21.6 Å². The van der Waals surface area contributed by atoms with Crippen molar-refractivity contribution in [3.63, 3.8) is 0 Å². The first-order valence-electron chi connectivity index (χ1n) is 12.9. The largest absolute Gasteiger partial charge is 0.476 e. The van der Waals surface area contributed by atoms with Crippen molar-refractivity contribution in [3.8, 4) is 23.1 Å². The molecular weight excluding hydrogens is 554 g/mol. The summed E-state index contributed by atoms with van der Waals surface area (Å²) in [6.45, 7) is 4.32. The lowest BCUT2D eigenvalue weighted by Gasteiger charge is -2.34. The number of carbonyl (C=O) groups is 1. The Morgan fingerprint density at radius 1 is 1.15 bits per heavy atom. The van der Waals surface area contributed by atoms with Crippen LogP contribution in [-0.2, 0) is 0 Å². The number of amides is 1. The number of benzene rings is 2. The van der Waals surface area contributed by atoms with Crippen molar-refractivity contribution < 1.29 is 18.3 Å². The van der Waals surface area contributed by atoms with Crippen LogP contribution in [0.1, 0.15) is 10.4 Å². The Bertz CT molecular complexity index is 1610. The fourth-order valence-corrected chi connectivity index (χ4v) is 4.94. The Morgan fingerprint density at radius 2 is 1.95 bits per heavy atom. The molecule has 4 aromatic rings. The van der Waals surface area contributed by atoms with E-state index in [-0.39, 0.29) is 17.2 Å². The highest BCUT2D eigenvalue weighted by atomic mass is 35.5. The lowest BCUT2D eigenvalue weighted by atomic mass is 10.1. The van der Waals surface area contributed by atoms with Crippen molar-refractivity contribution in [3.05, 3.63) is 71.1 Å². The van der Waals surface area contributed by atoms with E-state index in [2.05, 4.69) is 25.5 Å². The van der Waals surface area contributed by atoms with Gasteiger partial charge in [0.15, 0.2) is 29.6 Å². The van der Waals surface area contributed by atoms with Gasteiger partial charge in [-0.2, -0.15) is 9.65 Å². The molecule has 0 saturated carbocycles. The van der Waals surface area contributed by atoms with E-state index in [1.54, 1.807) is 34.9 Å². The normalized spacial score (nSPS) is 13.8. The molecular formula is C28H27ClF2N8O2. The molecule has 0 bridgehead atoms. The summed E-state index contributed by atoms with van der Waals surface area (Å²) in [5.41, 5.74) is 1.60. The number of imidazole rings is 1.